The van der Waals surface area contributed by atoms with Gasteiger partial charge < -0.3 is 19.6 Å². The van der Waals surface area contributed by atoms with Crippen molar-refractivity contribution >= 4 is 0 Å². The summed E-state index contributed by atoms with van der Waals surface area (Å²) in [6.45, 7) is 2.98. The predicted molar refractivity (Wildman–Crippen MR) is 50.9 cm³/mol. The van der Waals surface area contributed by atoms with Crippen LogP contribution < -0.4 is 5.32 Å². The molecule has 1 saturated heterocycles. The second-order valence-electron chi connectivity index (χ2n) is 3.62. The fourth-order valence-electron chi connectivity index (χ4n) is 1.64. The molecule has 14 heavy (non-hydrogen) atoms. The monoisotopic (exact) mass is 197 g/mol. The van der Waals surface area contributed by atoms with Gasteiger partial charge in [0, 0.05) is 0 Å². The number of hydrogen-bond acceptors (Lipinski definition) is 4. The molecule has 0 aromatic carbocycles. The summed E-state index contributed by atoms with van der Waals surface area (Å²) in [5.41, 5.74) is 0. The zero-order valence-electron chi connectivity index (χ0n) is 8.14. The third-order valence-corrected chi connectivity index (χ3v) is 2.48. The molecule has 0 saturated carbocycles. The third kappa shape index (κ3) is 1.97. The van der Waals surface area contributed by atoms with Crippen molar-refractivity contribution in [1.82, 2.24) is 5.32 Å². The molecule has 3 unspecified atom stereocenters. The van der Waals surface area contributed by atoms with E-state index in [0.29, 0.717) is 13.2 Å². The highest BCUT2D eigenvalue weighted by molar-refractivity contribution is 5.04. The maximum Gasteiger partial charge on any atom is 0.120 e. The molecule has 1 fully saturated rings. The van der Waals surface area contributed by atoms with Crippen molar-refractivity contribution in [2.45, 2.75) is 25.1 Å². The smallest absolute Gasteiger partial charge is 0.120 e. The summed E-state index contributed by atoms with van der Waals surface area (Å²) in [5, 5.41) is 12.8. The van der Waals surface area contributed by atoms with Crippen LogP contribution in [-0.4, -0.2) is 30.5 Å². The minimum Gasteiger partial charge on any atom is -0.468 e. The van der Waals surface area contributed by atoms with Crippen LogP contribution in [-0.2, 0) is 4.74 Å². The van der Waals surface area contributed by atoms with Gasteiger partial charge in [-0.15, -0.1) is 0 Å². The molecule has 3 atom stereocenters. The van der Waals surface area contributed by atoms with Gasteiger partial charge >= 0.3 is 0 Å². The molecule has 0 amide bonds. The summed E-state index contributed by atoms with van der Waals surface area (Å²) in [6, 6.07) is 3.89. The number of aliphatic hydroxyl groups is 1. The van der Waals surface area contributed by atoms with E-state index in [2.05, 4.69) is 5.32 Å². The standard InChI is InChI=1S/C10H15NO3/c1-7(10-3-2-4-14-10)11-8-5-13-6-9(8)12/h2-4,7-9,11-12H,5-6H2,1H3. The summed E-state index contributed by atoms with van der Waals surface area (Å²) in [7, 11) is 0. The summed E-state index contributed by atoms with van der Waals surface area (Å²) < 4.78 is 10.4. The molecular weight excluding hydrogens is 182 g/mol. The minimum absolute atomic E-state index is 0.00935. The Hall–Kier alpha value is -0.840. The average molecular weight is 197 g/mol. The molecule has 0 radical (unpaired) electrons. The van der Waals surface area contributed by atoms with Crippen LogP contribution in [0.5, 0.6) is 0 Å². The van der Waals surface area contributed by atoms with E-state index in [-0.39, 0.29) is 12.1 Å². The molecule has 0 aliphatic carbocycles. The first-order chi connectivity index (χ1) is 6.77. The van der Waals surface area contributed by atoms with Gasteiger partial charge in [0.15, 0.2) is 0 Å². The Balaban J connectivity index is 1.91. The largest absolute Gasteiger partial charge is 0.468 e. The van der Waals surface area contributed by atoms with E-state index in [4.69, 9.17) is 9.15 Å². The number of hydrogen-bond donors (Lipinski definition) is 2. The van der Waals surface area contributed by atoms with Crippen molar-refractivity contribution in [2.75, 3.05) is 13.2 Å². The van der Waals surface area contributed by atoms with Gasteiger partial charge in [-0.05, 0) is 19.1 Å². The van der Waals surface area contributed by atoms with Crippen molar-refractivity contribution in [3.8, 4) is 0 Å². The molecule has 0 bridgehead atoms. The highest BCUT2D eigenvalue weighted by Gasteiger charge is 2.27. The van der Waals surface area contributed by atoms with Crippen LogP contribution >= 0.6 is 0 Å². The summed E-state index contributed by atoms with van der Waals surface area (Å²) >= 11 is 0. The normalized spacial score (nSPS) is 29.3. The Labute approximate surface area is 82.9 Å². The zero-order chi connectivity index (χ0) is 9.97. The fraction of sp³-hybridized carbons (Fsp3) is 0.600. The van der Waals surface area contributed by atoms with E-state index >= 15 is 0 Å². The molecule has 4 heteroatoms. The number of ether oxygens (including phenoxy) is 1. The molecule has 0 spiro atoms. The zero-order valence-corrected chi connectivity index (χ0v) is 8.14. The van der Waals surface area contributed by atoms with Gasteiger partial charge in [0.05, 0.1) is 37.7 Å². The molecule has 1 aromatic heterocycles. The Morgan fingerprint density at radius 2 is 2.43 bits per heavy atom. The highest BCUT2D eigenvalue weighted by atomic mass is 16.5. The van der Waals surface area contributed by atoms with Crippen molar-refractivity contribution in [3.63, 3.8) is 0 Å². The van der Waals surface area contributed by atoms with Crippen molar-refractivity contribution in [1.29, 1.82) is 0 Å². The van der Waals surface area contributed by atoms with Crippen molar-refractivity contribution in [2.24, 2.45) is 0 Å². The fourth-order valence-corrected chi connectivity index (χ4v) is 1.64. The van der Waals surface area contributed by atoms with E-state index in [9.17, 15) is 5.11 Å². The summed E-state index contributed by atoms with van der Waals surface area (Å²) in [6.07, 6.45) is 1.24. The lowest BCUT2D eigenvalue weighted by molar-refractivity contribution is 0.121. The molecule has 1 aliphatic rings. The number of rotatable bonds is 3. The van der Waals surface area contributed by atoms with E-state index in [1.165, 1.54) is 0 Å². The van der Waals surface area contributed by atoms with Crippen molar-refractivity contribution < 1.29 is 14.3 Å². The van der Waals surface area contributed by atoms with Crippen LogP contribution in [0.3, 0.4) is 0 Å². The SMILES string of the molecule is CC(NC1COCC1O)c1ccco1. The van der Waals surface area contributed by atoms with Gasteiger partial charge in [-0.25, -0.2) is 0 Å². The van der Waals surface area contributed by atoms with Crippen LogP contribution in [0.4, 0.5) is 0 Å². The van der Waals surface area contributed by atoms with E-state index < -0.39 is 6.10 Å². The molecule has 78 valence electrons. The summed E-state index contributed by atoms with van der Waals surface area (Å²) in [5.74, 6) is 0.879. The van der Waals surface area contributed by atoms with Crippen molar-refractivity contribution in [3.05, 3.63) is 24.2 Å². The molecule has 2 N–H and O–H groups in total. The Kier molecular flexibility index (Phi) is 2.86. The van der Waals surface area contributed by atoms with Crippen LogP contribution in [0.1, 0.15) is 18.7 Å². The first-order valence-corrected chi connectivity index (χ1v) is 4.82. The number of furan rings is 1. The molecule has 2 rings (SSSR count). The van der Waals surface area contributed by atoms with Crippen LogP contribution in [0.25, 0.3) is 0 Å². The minimum atomic E-state index is -0.410. The molecule has 1 aromatic rings. The van der Waals surface area contributed by atoms with E-state index in [1.807, 2.05) is 19.1 Å². The van der Waals surface area contributed by atoms with Gasteiger partial charge in [-0.2, -0.15) is 0 Å². The topological polar surface area (TPSA) is 54.6 Å². The predicted octanol–water partition coefficient (Wildman–Crippen LogP) is 0.690. The van der Waals surface area contributed by atoms with Crippen LogP contribution in [0, 0.1) is 0 Å². The Morgan fingerprint density at radius 1 is 1.57 bits per heavy atom. The summed E-state index contributed by atoms with van der Waals surface area (Å²) in [4.78, 5) is 0. The molecular formula is C10H15NO3. The second-order valence-corrected chi connectivity index (χ2v) is 3.62. The van der Waals surface area contributed by atoms with Crippen LogP contribution in [0.2, 0.25) is 0 Å². The lowest BCUT2D eigenvalue weighted by Crippen LogP contribution is -2.40. The second kappa shape index (κ2) is 4.13. The lowest BCUT2D eigenvalue weighted by Gasteiger charge is -2.18. The van der Waals surface area contributed by atoms with Crippen LogP contribution in [0.15, 0.2) is 22.8 Å². The Bertz CT molecular complexity index is 273. The highest BCUT2D eigenvalue weighted by Crippen LogP contribution is 2.15. The first-order valence-electron chi connectivity index (χ1n) is 4.82. The average Bonchev–Trinajstić information content (AvgIpc) is 2.77. The number of aliphatic hydroxyl groups excluding tert-OH is 1. The van der Waals surface area contributed by atoms with E-state index in [0.717, 1.165) is 5.76 Å². The number of nitrogens with one attached hydrogen (secondary N) is 1. The molecule has 2 heterocycles. The maximum absolute atomic E-state index is 9.52. The quantitative estimate of drug-likeness (QED) is 0.748. The van der Waals surface area contributed by atoms with Gasteiger partial charge in [0.25, 0.3) is 0 Å². The lowest BCUT2D eigenvalue weighted by atomic mass is 10.1. The van der Waals surface area contributed by atoms with Gasteiger partial charge in [0.1, 0.15) is 5.76 Å². The van der Waals surface area contributed by atoms with Gasteiger partial charge in [-0.3, -0.25) is 0 Å². The third-order valence-electron chi connectivity index (χ3n) is 2.48. The van der Waals surface area contributed by atoms with Gasteiger partial charge in [-0.1, -0.05) is 0 Å². The maximum atomic E-state index is 9.52. The van der Waals surface area contributed by atoms with Gasteiger partial charge in [0.2, 0.25) is 0 Å². The molecule has 1 aliphatic heterocycles. The van der Waals surface area contributed by atoms with E-state index in [1.54, 1.807) is 6.26 Å². The Morgan fingerprint density at radius 3 is 3.00 bits per heavy atom. The molecule has 4 nitrogen and oxygen atoms in total. The first kappa shape index (κ1) is 9.71.